The molecule has 2 aromatic rings. The van der Waals surface area contributed by atoms with Crippen LogP contribution in [0, 0.1) is 6.92 Å². The van der Waals surface area contributed by atoms with Crippen LogP contribution in [0.1, 0.15) is 22.7 Å². The summed E-state index contributed by atoms with van der Waals surface area (Å²) in [6.45, 7) is 1.18. The summed E-state index contributed by atoms with van der Waals surface area (Å²) in [4.78, 5) is 2.41. The Morgan fingerprint density at radius 3 is 2.48 bits per heavy atom. The summed E-state index contributed by atoms with van der Waals surface area (Å²) >= 11 is 1.70. The second-order valence-electron chi connectivity index (χ2n) is 4.56. The van der Waals surface area contributed by atoms with Crippen molar-refractivity contribution in [1.29, 1.82) is 0 Å². The number of methoxy groups -OCH3 is 1. The van der Waals surface area contributed by atoms with Gasteiger partial charge in [0, 0.05) is 21.5 Å². The Morgan fingerprint density at radius 1 is 1.14 bits per heavy atom. The standard InChI is InChI=1S/C15H17F2NO2S/c1-9-4-7-14(21-9)10(2)18-11-5-6-12(19-3)13(8-11)20-15(16)17/h4-8,10,15,18H,1-3H3. The van der Waals surface area contributed by atoms with Crippen molar-refractivity contribution in [2.75, 3.05) is 12.4 Å². The van der Waals surface area contributed by atoms with Crippen LogP contribution < -0.4 is 14.8 Å². The van der Waals surface area contributed by atoms with Gasteiger partial charge in [0.2, 0.25) is 0 Å². The van der Waals surface area contributed by atoms with Crippen molar-refractivity contribution in [2.24, 2.45) is 0 Å². The molecule has 3 nitrogen and oxygen atoms in total. The Kier molecular flexibility index (Phi) is 5.01. The van der Waals surface area contributed by atoms with E-state index in [4.69, 9.17) is 4.74 Å². The fourth-order valence-electron chi connectivity index (χ4n) is 1.96. The molecule has 0 bridgehead atoms. The topological polar surface area (TPSA) is 30.5 Å². The third-order valence-corrected chi connectivity index (χ3v) is 4.13. The molecule has 0 aliphatic rings. The molecule has 0 aliphatic heterocycles. The van der Waals surface area contributed by atoms with E-state index in [1.54, 1.807) is 23.5 Å². The van der Waals surface area contributed by atoms with Crippen molar-refractivity contribution in [1.82, 2.24) is 0 Å². The van der Waals surface area contributed by atoms with Gasteiger partial charge in [0.25, 0.3) is 0 Å². The molecule has 0 aliphatic carbocycles. The van der Waals surface area contributed by atoms with E-state index in [1.165, 1.54) is 22.9 Å². The number of halogens is 2. The zero-order valence-corrected chi connectivity index (χ0v) is 12.8. The highest BCUT2D eigenvalue weighted by atomic mass is 32.1. The lowest BCUT2D eigenvalue weighted by molar-refractivity contribution is -0.0511. The normalized spacial score (nSPS) is 12.3. The number of aryl methyl sites for hydroxylation is 1. The Labute approximate surface area is 126 Å². The van der Waals surface area contributed by atoms with Crippen LogP contribution in [-0.4, -0.2) is 13.7 Å². The number of hydrogen-bond acceptors (Lipinski definition) is 4. The van der Waals surface area contributed by atoms with Gasteiger partial charge in [0.1, 0.15) is 0 Å². The van der Waals surface area contributed by atoms with Gasteiger partial charge in [0.15, 0.2) is 11.5 Å². The van der Waals surface area contributed by atoms with E-state index in [9.17, 15) is 8.78 Å². The number of thiophene rings is 1. The number of rotatable bonds is 6. The van der Waals surface area contributed by atoms with Crippen molar-refractivity contribution >= 4 is 17.0 Å². The van der Waals surface area contributed by atoms with Crippen molar-refractivity contribution in [3.05, 3.63) is 40.1 Å². The van der Waals surface area contributed by atoms with E-state index < -0.39 is 6.61 Å². The maximum atomic E-state index is 12.4. The molecular weight excluding hydrogens is 296 g/mol. The van der Waals surface area contributed by atoms with Crippen LogP contribution in [-0.2, 0) is 0 Å². The van der Waals surface area contributed by atoms with Crippen molar-refractivity contribution in [2.45, 2.75) is 26.5 Å². The van der Waals surface area contributed by atoms with Gasteiger partial charge in [-0.05, 0) is 38.1 Å². The predicted octanol–water partition coefficient (Wildman–Crippen LogP) is 4.84. The van der Waals surface area contributed by atoms with Crippen LogP contribution in [0.5, 0.6) is 11.5 Å². The molecule has 6 heteroatoms. The van der Waals surface area contributed by atoms with Gasteiger partial charge in [-0.1, -0.05) is 0 Å². The summed E-state index contributed by atoms with van der Waals surface area (Å²) < 4.78 is 34.3. The van der Waals surface area contributed by atoms with Crippen LogP contribution in [0.15, 0.2) is 30.3 Å². The molecule has 0 amide bonds. The Bertz CT molecular complexity index is 601. The predicted molar refractivity (Wildman–Crippen MR) is 80.7 cm³/mol. The van der Waals surface area contributed by atoms with E-state index in [0.717, 1.165) is 0 Å². The molecule has 1 unspecified atom stereocenters. The highest BCUT2D eigenvalue weighted by Crippen LogP contribution is 2.33. The van der Waals surface area contributed by atoms with Crippen molar-refractivity contribution in [3.63, 3.8) is 0 Å². The first kappa shape index (κ1) is 15.6. The van der Waals surface area contributed by atoms with E-state index in [-0.39, 0.29) is 17.5 Å². The number of nitrogens with one attached hydrogen (secondary N) is 1. The summed E-state index contributed by atoms with van der Waals surface area (Å²) in [6.07, 6.45) is 0. The van der Waals surface area contributed by atoms with Gasteiger partial charge in [-0.15, -0.1) is 11.3 Å². The fourth-order valence-corrected chi connectivity index (χ4v) is 2.84. The first-order chi connectivity index (χ1) is 9.99. The van der Waals surface area contributed by atoms with Gasteiger partial charge >= 0.3 is 6.61 Å². The molecular formula is C15H17F2NO2S. The fraction of sp³-hybridized carbons (Fsp3) is 0.333. The molecule has 21 heavy (non-hydrogen) atoms. The van der Waals surface area contributed by atoms with Crippen LogP contribution in [0.4, 0.5) is 14.5 Å². The van der Waals surface area contributed by atoms with E-state index in [2.05, 4.69) is 22.2 Å². The molecule has 1 N–H and O–H groups in total. The lowest BCUT2D eigenvalue weighted by Crippen LogP contribution is -2.07. The third kappa shape index (κ3) is 4.07. The summed E-state index contributed by atoms with van der Waals surface area (Å²) in [7, 11) is 1.41. The zero-order valence-electron chi connectivity index (χ0n) is 12.0. The number of hydrogen-bond donors (Lipinski definition) is 1. The molecule has 0 radical (unpaired) electrons. The minimum atomic E-state index is -2.88. The largest absolute Gasteiger partial charge is 0.493 e. The molecule has 0 fully saturated rings. The average Bonchev–Trinajstić information content (AvgIpc) is 2.85. The van der Waals surface area contributed by atoms with Crippen LogP contribution >= 0.6 is 11.3 Å². The van der Waals surface area contributed by atoms with Gasteiger partial charge < -0.3 is 14.8 Å². The molecule has 1 aromatic heterocycles. The third-order valence-electron chi connectivity index (χ3n) is 2.95. The van der Waals surface area contributed by atoms with E-state index >= 15 is 0 Å². The SMILES string of the molecule is COc1ccc(NC(C)c2ccc(C)s2)cc1OC(F)F. The quantitative estimate of drug-likeness (QED) is 0.828. The van der Waals surface area contributed by atoms with Gasteiger partial charge in [-0.25, -0.2) is 0 Å². The molecule has 0 saturated heterocycles. The lowest BCUT2D eigenvalue weighted by atomic mass is 10.2. The highest BCUT2D eigenvalue weighted by Gasteiger charge is 2.13. The molecule has 0 saturated carbocycles. The maximum absolute atomic E-state index is 12.4. The zero-order chi connectivity index (χ0) is 15.4. The summed E-state index contributed by atoms with van der Waals surface area (Å²) in [5.41, 5.74) is 0.699. The number of anilines is 1. The van der Waals surface area contributed by atoms with Crippen LogP contribution in [0.2, 0.25) is 0 Å². The Hall–Kier alpha value is -1.82. The Balaban J connectivity index is 2.16. The van der Waals surface area contributed by atoms with E-state index in [1.807, 2.05) is 13.8 Å². The lowest BCUT2D eigenvalue weighted by Gasteiger charge is -2.16. The highest BCUT2D eigenvalue weighted by molar-refractivity contribution is 7.12. The van der Waals surface area contributed by atoms with Gasteiger partial charge in [-0.2, -0.15) is 8.78 Å². The van der Waals surface area contributed by atoms with Crippen molar-refractivity contribution < 1.29 is 18.3 Å². The monoisotopic (exact) mass is 313 g/mol. The van der Waals surface area contributed by atoms with Crippen molar-refractivity contribution in [3.8, 4) is 11.5 Å². The van der Waals surface area contributed by atoms with Crippen LogP contribution in [0.25, 0.3) is 0 Å². The molecule has 1 aromatic carbocycles. The summed E-state index contributed by atoms with van der Waals surface area (Å²) in [5, 5.41) is 3.27. The van der Waals surface area contributed by atoms with Gasteiger partial charge in [0.05, 0.1) is 13.2 Å². The molecule has 0 spiro atoms. The molecule has 114 valence electrons. The first-order valence-electron chi connectivity index (χ1n) is 6.45. The smallest absolute Gasteiger partial charge is 0.387 e. The Morgan fingerprint density at radius 2 is 1.90 bits per heavy atom. The minimum Gasteiger partial charge on any atom is -0.493 e. The number of alkyl halides is 2. The second kappa shape index (κ2) is 6.76. The van der Waals surface area contributed by atoms with Gasteiger partial charge in [-0.3, -0.25) is 0 Å². The molecule has 1 atom stereocenters. The van der Waals surface area contributed by atoms with Crippen LogP contribution in [0.3, 0.4) is 0 Å². The minimum absolute atomic E-state index is 0.0204. The number of benzene rings is 1. The summed E-state index contributed by atoms with van der Waals surface area (Å²) in [6, 6.07) is 9.08. The second-order valence-corrected chi connectivity index (χ2v) is 5.88. The summed E-state index contributed by atoms with van der Waals surface area (Å²) in [5.74, 6) is 0.299. The molecule has 1 heterocycles. The maximum Gasteiger partial charge on any atom is 0.387 e. The molecule has 2 rings (SSSR count). The number of ether oxygens (including phenoxy) is 2. The average molecular weight is 313 g/mol. The first-order valence-corrected chi connectivity index (χ1v) is 7.27. The van der Waals surface area contributed by atoms with E-state index in [0.29, 0.717) is 5.69 Å².